The van der Waals surface area contributed by atoms with Crippen LogP contribution in [-0.2, 0) is 11.3 Å². The molecule has 0 unspecified atom stereocenters. The highest BCUT2D eigenvalue weighted by Gasteiger charge is 2.19. The van der Waals surface area contributed by atoms with Crippen LogP contribution in [0.3, 0.4) is 0 Å². The highest BCUT2D eigenvalue weighted by Crippen LogP contribution is 2.14. The Bertz CT molecular complexity index is 493. The lowest BCUT2D eigenvalue weighted by molar-refractivity contribution is -0.119. The van der Waals surface area contributed by atoms with Crippen LogP contribution in [0.25, 0.3) is 0 Å². The molecule has 1 aliphatic heterocycles. The van der Waals surface area contributed by atoms with Gasteiger partial charge in [-0.1, -0.05) is 12.1 Å². The molecule has 21 heavy (non-hydrogen) atoms. The van der Waals surface area contributed by atoms with Crippen LogP contribution in [0.1, 0.15) is 35.7 Å². The van der Waals surface area contributed by atoms with Gasteiger partial charge < -0.3 is 5.32 Å². The summed E-state index contributed by atoms with van der Waals surface area (Å²) in [5, 5.41) is 2.97. The molecule has 1 heterocycles. The van der Waals surface area contributed by atoms with Crippen molar-refractivity contribution in [3.8, 4) is 0 Å². The number of hydrogen-bond acceptors (Lipinski definition) is 4. The quantitative estimate of drug-likeness (QED) is 0.425. The van der Waals surface area contributed by atoms with Gasteiger partial charge in [0.15, 0.2) is 0 Å². The Morgan fingerprint density at radius 2 is 1.86 bits per heavy atom. The molecule has 6 nitrogen and oxygen atoms in total. The summed E-state index contributed by atoms with van der Waals surface area (Å²) in [6.07, 6.45) is 1.96. The van der Waals surface area contributed by atoms with Crippen LogP contribution < -0.4 is 16.6 Å². The summed E-state index contributed by atoms with van der Waals surface area (Å²) in [6, 6.07) is 7.76. The van der Waals surface area contributed by atoms with Crippen molar-refractivity contribution < 1.29 is 9.59 Å². The van der Waals surface area contributed by atoms with E-state index < -0.39 is 0 Å². The Morgan fingerprint density at radius 3 is 2.38 bits per heavy atom. The van der Waals surface area contributed by atoms with E-state index in [1.807, 2.05) is 12.1 Å². The topological polar surface area (TPSA) is 87.5 Å². The molecule has 0 saturated carbocycles. The Labute approximate surface area is 124 Å². The third-order valence-electron chi connectivity index (χ3n) is 3.75. The minimum absolute atomic E-state index is 0.0437. The van der Waals surface area contributed by atoms with Crippen LogP contribution in [-0.4, -0.2) is 35.8 Å². The summed E-state index contributed by atoms with van der Waals surface area (Å²) in [5.41, 5.74) is 3.85. The normalized spacial score (nSPS) is 16.5. The van der Waals surface area contributed by atoms with E-state index in [4.69, 9.17) is 5.84 Å². The summed E-state index contributed by atoms with van der Waals surface area (Å²) < 4.78 is 0. The average Bonchev–Trinajstić information content (AvgIpc) is 2.49. The third-order valence-corrected chi connectivity index (χ3v) is 3.75. The van der Waals surface area contributed by atoms with E-state index in [1.165, 1.54) is 5.56 Å². The number of nitrogens with two attached hydrogens (primary N) is 1. The molecule has 4 N–H and O–H groups in total. The molecule has 1 fully saturated rings. The monoisotopic (exact) mass is 290 g/mol. The molecule has 2 amide bonds. The number of hydrazine groups is 1. The summed E-state index contributed by atoms with van der Waals surface area (Å²) in [6.45, 7) is 4.36. The lowest BCUT2D eigenvalue weighted by Gasteiger charge is -2.32. The zero-order chi connectivity index (χ0) is 15.2. The van der Waals surface area contributed by atoms with E-state index in [1.54, 1.807) is 19.1 Å². The fourth-order valence-electron chi connectivity index (χ4n) is 2.63. The third kappa shape index (κ3) is 4.54. The van der Waals surface area contributed by atoms with E-state index in [-0.39, 0.29) is 11.8 Å². The maximum Gasteiger partial charge on any atom is 0.265 e. The van der Waals surface area contributed by atoms with E-state index in [0.29, 0.717) is 11.6 Å². The first-order valence-corrected chi connectivity index (χ1v) is 7.18. The van der Waals surface area contributed by atoms with Crippen LogP contribution in [0.2, 0.25) is 0 Å². The number of nitrogens with zero attached hydrogens (tertiary/aromatic N) is 1. The van der Waals surface area contributed by atoms with Crippen molar-refractivity contribution in [2.24, 2.45) is 5.84 Å². The number of likely N-dealkylation sites (tertiary alicyclic amines) is 1. The number of rotatable bonds is 4. The lowest BCUT2D eigenvalue weighted by atomic mass is 10.0. The van der Waals surface area contributed by atoms with Gasteiger partial charge in [0.2, 0.25) is 5.91 Å². The maximum atomic E-state index is 11.4. The zero-order valence-corrected chi connectivity index (χ0v) is 12.3. The van der Waals surface area contributed by atoms with E-state index in [0.717, 1.165) is 32.5 Å². The first-order valence-electron chi connectivity index (χ1n) is 7.18. The molecular weight excluding hydrogens is 268 g/mol. The molecule has 0 bridgehead atoms. The molecule has 0 aliphatic carbocycles. The van der Waals surface area contributed by atoms with Crippen LogP contribution in [0, 0.1) is 0 Å². The molecule has 1 aromatic rings. The van der Waals surface area contributed by atoms with Gasteiger partial charge in [0.05, 0.1) is 0 Å². The smallest absolute Gasteiger partial charge is 0.265 e. The second-order valence-corrected chi connectivity index (χ2v) is 5.42. The largest absolute Gasteiger partial charge is 0.354 e. The van der Waals surface area contributed by atoms with Gasteiger partial charge in [0.1, 0.15) is 0 Å². The van der Waals surface area contributed by atoms with Crippen LogP contribution in [0.4, 0.5) is 0 Å². The van der Waals surface area contributed by atoms with Crippen LogP contribution >= 0.6 is 0 Å². The number of nitrogens with one attached hydrogen (secondary N) is 2. The van der Waals surface area contributed by atoms with Crippen molar-refractivity contribution in [3.05, 3.63) is 35.4 Å². The maximum absolute atomic E-state index is 11.4. The van der Waals surface area contributed by atoms with Gasteiger partial charge in [0.25, 0.3) is 5.91 Å². The predicted octanol–water partition coefficient (Wildman–Crippen LogP) is 0.391. The van der Waals surface area contributed by atoms with Gasteiger partial charge >= 0.3 is 0 Å². The second-order valence-electron chi connectivity index (χ2n) is 5.42. The molecule has 1 aromatic carbocycles. The zero-order valence-electron chi connectivity index (χ0n) is 12.3. The first-order chi connectivity index (χ1) is 10.1. The van der Waals surface area contributed by atoms with E-state index >= 15 is 0 Å². The highest BCUT2D eigenvalue weighted by molar-refractivity contribution is 5.93. The standard InChI is InChI=1S/C15H22N4O2/c1-11(20)17-14-6-8-19(9-7-14)10-12-2-4-13(5-3-12)15(21)18-16/h2-5,14H,6-10,16H2,1H3,(H,17,20)(H,18,21). The summed E-state index contributed by atoms with van der Waals surface area (Å²) in [7, 11) is 0. The van der Waals surface area contributed by atoms with Crippen molar-refractivity contribution in [2.45, 2.75) is 32.4 Å². The summed E-state index contributed by atoms with van der Waals surface area (Å²) in [5.74, 6) is 4.87. The molecule has 0 aromatic heterocycles. The van der Waals surface area contributed by atoms with Gasteiger partial charge in [0, 0.05) is 38.2 Å². The van der Waals surface area contributed by atoms with E-state index in [9.17, 15) is 9.59 Å². The SMILES string of the molecule is CC(=O)NC1CCN(Cc2ccc(C(=O)NN)cc2)CC1. The van der Waals surface area contributed by atoms with Crippen molar-refractivity contribution in [1.29, 1.82) is 0 Å². The number of nitrogen functional groups attached to an aromatic ring is 1. The van der Waals surface area contributed by atoms with Crippen molar-refractivity contribution in [1.82, 2.24) is 15.6 Å². The molecule has 1 aliphatic rings. The number of hydrogen-bond donors (Lipinski definition) is 3. The Balaban J connectivity index is 1.83. The van der Waals surface area contributed by atoms with Gasteiger partial charge in [-0.3, -0.25) is 19.9 Å². The molecule has 0 atom stereocenters. The van der Waals surface area contributed by atoms with Crippen molar-refractivity contribution in [2.75, 3.05) is 13.1 Å². The molecule has 0 spiro atoms. The lowest BCUT2D eigenvalue weighted by Crippen LogP contribution is -2.43. The number of carbonyl (C=O) groups excluding carboxylic acids is 2. The summed E-state index contributed by atoms with van der Waals surface area (Å²) >= 11 is 0. The van der Waals surface area contributed by atoms with Crippen LogP contribution in [0.15, 0.2) is 24.3 Å². The van der Waals surface area contributed by atoms with Crippen LogP contribution in [0.5, 0.6) is 0 Å². The number of amides is 2. The van der Waals surface area contributed by atoms with Crippen molar-refractivity contribution in [3.63, 3.8) is 0 Å². The number of piperidine rings is 1. The Kier molecular flexibility index (Phi) is 5.30. The molecule has 1 saturated heterocycles. The Morgan fingerprint density at radius 1 is 1.24 bits per heavy atom. The first kappa shape index (κ1) is 15.5. The van der Waals surface area contributed by atoms with Gasteiger partial charge in [-0.2, -0.15) is 0 Å². The van der Waals surface area contributed by atoms with Gasteiger partial charge in [-0.15, -0.1) is 0 Å². The fourth-order valence-corrected chi connectivity index (χ4v) is 2.63. The molecule has 2 rings (SSSR count). The van der Waals surface area contributed by atoms with Gasteiger partial charge in [-0.25, -0.2) is 5.84 Å². The molecule has 6 heteroatoms. The average molecular weight is 290 g/mol. The Hall–Kier alpha value is -1.92. The number of benzene rings is 1. The van der Waals surface area contributed by atoms with Crippen molar-refractivity contribution >= 4 is 11.8 Å². The molecule has 114 valence electrons. The minimum Gasteiger partial charge on any atom is -0.354 e. The number of carbonyl (C=O) groups is 2. The fraction of sp³-hybridized carbons (Fsp3) is 0.467. The highest BCUT2D eigenvalue weighted by atomic mass is 16.2. The van der Waals surface area contributed by atoms with E-state index in [2.05, 4.69) is 15.6 Å². The molecule has 0 radical (unpaired) electrons. The summed E-state index contributed by atoms with van der Waals surface area (Å²) in [4.78, 5) is 24.7. The second kappa shape index (κ2) is 7.19. The minimum atomic E-state index is -0.280. The molecular formula is C15H22N4O2. The predicted molar refractivity (Wildman–Crippen MR) is 80.2 cm³/mol. The van der Waals surface area contributed by atoms with Gasteiger partial charge in [-0.05, 0) is 30.5 Å².